The Balaban J connectivity index is 1.87. The molecule has 1 fully saturated rings. The number of aromatic nitrogens is 1. The summed E-state index contributed by atoms with van der Waals surface area (Å²) in [4.78, 5) is 8.09. The highest BCUT2D eigenvalue weighted by Gasteiger charge is 2.16. The first-order valence-electron chi connectivity index (χ1n) is 5.66. The van der Waals surface area contributed by atoms with E-state index in [-0.39, 0.29) is 0 Å². The lowest BCUT2D eigenvalue weighted by Gasteiger charge is -2.31. The van der Waals surface area contributed by atoms with Crippen LogP contribution in [0.3, 0.4) is 0 Å². The minimum absolute atomic E-state index is 0.590. The van der Waals surface area contributed by atoms with Crippen molar-refractivity contribution in [2.45, 2.75) is 26.1 Å². The van der Waals surface area contributed by atoms with E-state index in [0.717, 1.165) is 26.2 Å². The number of thiazole rings is 1. The van der Waals surface area contributed by atoms with E-state index in [2.05, 4.69) is 22.1 Å². The van der Waals surface area contributed by atoms with Gasteiger partial charge in [0.25, 0.3) is 0 Å². The molecule has 4 nitrogen and oxygen atoms in total. The zero-order valence-electron chi connectivity index (χ0n) is 9.90. The molecule has 1 atom stereocenters. The van der Waals surface area contributed by atoms with Gasteiger partial charge in [0.15, 0.2) is 0 Å². The maximum absolute atomic E-state index is 5.10. The highest BCUT2D eigenvalue weighted by Crippen LogP contribution is 2.16. The van der Waals surface area contributed by atoms with Gasteiger partial charge < -0.3 is 10.1 Å². The van der Waals surface area contributed by atoms with Gasteiger partial charge in [-0.05, 0) is 6.92 Å². The fraction of sp³-hybridized carbons (Fsp3) is 0.727. The number of rotatable bonds is 4. The number of hydrogen-bond donors (Lipinski definition) is 1. The zero-order chi connectivity index (χ0) is 11.4. The Morgan fingerprint density at radius 3 is 3.31 bits per heavy atom. The highest BCUT2D eigenvalue weighted by atomic mass is 32.1. The monoisotopic (exact) mass is 241 g/mol. The van der Waals surface area contributed by atoms with Crippen molar-refractivity contribution in [3.8, 4) is 0 Å². The van der Waals surface area contributed by atoms with E-state index in [1.807, 2.05) is 6.20 Å². The molecule has 16 heavy (non-hydrogen) atoms. The third-order valence-electron chi connectivity index (χ3n) is 2.70. The first kappa shape index (κ1) is 12.0. The summed E-state index contributed by atoms with van der Waals surface area (Å²) in [6, 6.07) is 0.590. The molecule has 0 aliphatic carbocycles. The Morgan fingerprint density at radius 2 is 2.56 bits per heavy atom. The molecular weight excluding hydrogens is 222 g/mol. The summed E-state index contributed by atoms with van der Waals surface area (Å²) in [5.74, 6) is 0. The van der Waals surface area contributed by atoms with Gasteiger partial charge in [0.2, 0.25) is 0 Å². The van der Waals surface area contributed by atoms with Crippen LogP contribution in [0.4, 0.5) is 0 Å². The fourth-order valence-electron chi connectivity index (χ4n) is 1.98. The minimum Gasteiger partial charge on any atom is -0.379 e. The summed E-state index contributed by atoms with van der Waals surface area (Å²) in [5.41, 5.74) is 0. The van der Waals surface area contributed by atoms with Crippen LogP contribution in [-0.4, -0.2) is 42.7 Å². The van der Waals surface area contributed by atoms with E-state index < -0.39 is 0 Å². The Kier molecular flexibility index (Phi) is 4.29. The van der Waals surface area contributed by atoms with Crippen LogP contribution >= 0.6 is 11.3 Å². The van der Waals surface area contributed by atoms with Crippen LogP contribution in [0.5, 0.6) is 0 Å². The van der Waals surface area contributed by atoms with Gasteiger partial charge in [0, 0.05) is 39.0 Å². The van der Waals surface area contributed by atoms with Crippen LogP contribution in [0, 0.1) is 0 Å². The third-order valence-corrected chi connectivity index (χ3v) is 3.66. The Labute approximate surface area is 101 Å². The maximum atomic E-state index is 5.10. The van der Waals surface area contributed by atoms with Crippen LogP contribution in [0.15, 0.2) is 6.20 Å². The Hall–Kier alpha value is -0.490. The SMILES string of the molecule is COCc1cnc(CN2CCNC(C)C2)s1. The molecule has 1 aromatic rings. The molecule has 1 aromatic heterocycles. The second-order valence-electron chi connectivity index (χ2n) is 4.24. The van der Waals surface area contributed by atoms with E-state index in [4.69, 9.17) is 4.74 Å². The maximum Gasteiger partial charge on any atom is 0.107 e. The molecular formula is C11H19N3OS. The van der Waals surface area contributed by atoms with Gasteiger partial charge in [-0.3, -0.25) is 4.90 Å². The average molecular weight is 241 g/mol. The Bertz CT molecular complexity index is 329. The van der Waals surface area contributed by atoms with Gasteiger partial charge >= 0.3 is 0 Å². The largest absolute Gasteiger partial charge is 0.379 e. The number of methoxy groups -OCH3 is 1. The van der Waals surface area contributed by atoms with E-state index in [1.54, 1.807) is 18.4 Å². The van der Waals surface area contributed by atoms with Crippen molar-refractivity contribution in [3.63, 3.8) is 0 Å². The molecule has 5 heteroatoms. The molecule has 2 rings (SSSR count). The number of piperazine rings is 1. The predicted octanol–water partition coefficient (Wildman–Crippen LogP) is 1.08. The van der Waals surface area contributed by atoms with Gasteiger partial charge in [0.05, 0.1) is 18.0 Å². The van der Waals surface area contributed by atoms with Crippen LogP contribution < -0.4 is 5.32 Å². The van der Waals surface area contributed by atoms with Crippen LogP contribution in [0.2, 0.25) is 0 Å². The molecule has 0 aromatic carbocycles. The van der Waals surface area contributed by atoms with Gasteiger partial charge in [-0.25, -0.2) is 4.98 Å². The molecule has 1 saturated heterocycles. The number of hydrogen-bond acceptors (Lipinski definition) is 5. The molecule has 90 valence electrons. The fourth-order valence-corrected chi connectivity index (χ4v) is 2.91. The molecule has 1 N–H and O–H groups in total. The molecule has 0 spiro atoms. The lowest BCUT2D eigenvalue weighted by Crippen LogP contribution is -2.48. The lowest BCUT2D eigenvalue weighted by molar-refractivity contribution is 0.187. The average Bonchev–Trinajstić information content (AvgIpc) is 2.66. The molecule has 1 aliphatic rings. The highest BCUT2D eigenvalue weighted by molar-refractivity contribution is 7.11. The lowest BCUT2D eigenvalue weighted by atomic mass is 10.2. The van der Waals surface area contributed by atoms with Crippen LogP contribution in [0.1, 0.15) is 16.8 Å². The van der Waals surface area contributed by atoms with Gasteiger partial charge in [-0.1, -0.05) is 0 Å². The van der Waals surface area contributed by atoms with Crippen LogP contribution in [-0.2, 0) is 17.9 Å². The smallest absolute Gasteiger partial charge is 0.107 e. The van der Waals surface area contributed by atoms with Crippen molar-refractivity contribution in [1.82, 2.24) is 15.2 Å². The van der Waals surface area contributed by atoms with Crippen molar-refractivity contribution < 1.29 is 4.74 Å². The van der Waals surface area contributed by atoms with Crippen molar-refractivity contribution in [2.75, 3.05) is 26.7 Å². The molecule has 2 heterocycles. The molecule has 1 unspecified atom stereocenters. The van der Waals surface area contributed by atoms with E-state index in [9.17, 15) is 0 Å². The molecule has 0 saturated carbocycles. The number of ether oxygens (including phenoxy) is 1. The van der Waals surface area contributed by atoms with Crippen molar-refractivity contribution in [1.29, 1.82) is 0 Å². The number of nitrogens with one attached hydrogen (secondary N) is 1. The summed E-state index contributed by atoms with van der Waals surface area (Å²) in [5, 5.41) is 4.64. The summed E-state index contributed by atoms with van der Waals surface area (Å²) >= 11 is 1.75. The molecule has 1 aliphatic heterocycles. The van der Waals surface area contributed by atoms with E-state index in [0.29, 0.717) is 12.6 Å². The van der Waals surface area contributed by atoms with Gasteiger partial charge in [-0.2, -0.15) is 0 Å². The summed E-state index contributed by atoms with van der Waals surface area (Å²) in [6.07, 6.45) is 1.93. The summed E-state index contributed by atoms with van der Waals surface area (Å²) in [6.45, 7) is 7.18. The second kappa shape index (κ2) is 5.72. The van der Waals surface area contributed by atoms with Gasteiger partial charge in [-0.15, -0.1) is 11.3 Å². The van der Waals surface area contributed by atoms with Crippen LogP contribution in [0.25, 0.3) is 0 Å². The summed E-state index contributed by atoms with van der Waals surface area (Å²) < 4.78 is 5.10. The second-order valence-corrected chi connectivity index (χ2v) is 5.44. The van der Waals surface area contributed by atoms with Crippen molar-refractivity contribution in [3.05, 3.63) is 16.1 Å². The van der Waals surface area contributed by atoms with E-state index >= 15 is 0 Å². The van der Waals surface area contributed by atoms with Gasteiger partial charge in [0.1, 0.15) is 5.01 Å². The molecule has 0 radical (unpaired) electrons. The summed E-state index contributed by atoms with van der Waals surface area (Å²) in [7, 11) is 1.72. The van der Waals surface area contributed by atoms with Crippen molar-refractivity contribution in [2.24, 2.45) is 0 Å². The first-order valence-corrected chi connectivity index (χ1v) is 6.48. The van der Waals surface area contributed by atoms with E-state index in [1.165, 1.54) is 9.88 Å². The topological polar surface area (TPSA) is 37.4 Å². The third kappa shape index (κ3) is 3.25. The standard InChI is InChI=1S/C11H19N3OS/c1-9-6-14(4-3-12-9)7-11-13-5-10(16-11)8-15-2/h5,9,12H,3-4,6-8H2,1-2H3. The molecule has 0 bridgehead atoms. The quantitative estimate of drug-likeness (QED) is 0.856. The Morgan fingerprint density at radius 1 is 1.69 bits per heavy atom. The first-order chi connectivity index (χ1) is 7.78. The minimum atomic E-state index is 0.590. The zero-order valence-corrected chi connectivity index (χ0v) is 10.7. The number of nitrogens with zero attached hydrogens (tertiary/aromatic N) is 2. The predicted molar refractivity (Wildman–Crippen MR) is 65.6 cm³/mol. The normalized spacial score (nSPS) is 22.5. The van der Waals surface area contributed by atoms with Crippen molar-refractivity contribution >= 4 is 11.3 Å². The molecule has 0 amide bonds.